The molecule has 3 rings (SSSR count). The minimum Gasteiger partial charge on any atom is -0.459 e. The molecule has 0 aliphatic rings. The van der Waals surface area contributed by atoms with Gasteiger partial charge in [-0.05, 0) is 63.3 Å². The van der Waals surface area contributed by atoms with Gasteiger partial charge in [-0.1, -0.05) is 84.9 Å². The van der Waals surface area contributed by atoms with Gasteiger partial charge in [0.1, 0.15) is 24.0 Å². The molecule has 0 bridgehead atoms. The average molecular weight is 609 g/mol. The molecule has 0 radical (unpaired) electrons. The first kappa shape index (κ1) is 33.6. The first-order valence-electron chi connectivity index (χ1n) is 14.2. The number of rotatable bonds is 12. The maximum Gasteiger partial charge on any atom is 0.408 e. The Bertz CT molecular complexity index is 1410. The lowest BCUT2D eigenvalue weighted by Gasteiger charge is -2.27. The van der Waals surface area contributed by atoms with E-state index in [0.29, 0.717) is 0 Å². The molecule has 0 saturated carbocycles. The molecule has 0 spiro atoms. The number of benzene rings is 3. The van der Waals surface area contributed by atoms with Crippen molar-refractivity contribution in [1.29, 1.82) is 0 Å². The Balaban J connectivity index is 1.74. The van der Waals surface area contributed by atoms with Crippen molar-refractivity contribution in [2.24, 2.45) is 5.92 Å². The highest BCUT2D eigenvalue weighted by Gasteiger charge is 2.36. The van der Waals surface area contributed by atoms with Gasteiger partial charge < -0.3 is 25.0 Å². The Hall–Kier alpha value is -3.94. The number of carbonyl (C=O) groups excluding carboxylic acids is 3. The third-order valence-electron chi connectivity index (χ3n) is 6.66. The smallest absolute Gasteiger partial charge is 0.408 e. The molecule has 3 aromatic carbocycles. The summed E-state index contributed by atoms with van der Waals surface area (Å²) >= 11 is 0. The molecule has 3 aromatic rings. The molecule has 1 unspecified atom stereocenters. The number of ether oxygens (including phenoxy) is 2. The van der Waals surface area contributed by atoms with Crippen molar-refractivity contribution >= 4 is 25.3 Å². The van der Waals surface area contributed by atoms with Crippen molar-refractivity contribution in [1.82, 2.24) is 10.6 Å². The highest BCUT2D eigenvalue weighted by molar-refractivity contribution is 7.58. The van der Waals surface area contributed by atoms with Crippen LogP contribution in [0.15, 0.2) is 84.9 Å². The maximum atomic E-state index is 13.5. The van der Waals surface area contributed by atoms with Crippen molar-refractivity contribution < 1.29 is 33.3 Å². The SMILES string of the molecule is C[C@H](NC(=O)[C@H](Cc1ccc(-c2ccccc2)cc1)CP(=O)(O)[C@H](C)NC(=O)OC(C)(C)C)C(=O)OCc1ccccc1. The highest BCUT2D eigenvalue weighted by atomic mass is 31.2. The molecule has 3 N–H and O–H groups in total. The predicted molar refractivity (Wildman–Crippen MR) is 166 cm³/mol. The summed E-state index contributed by atoms with van der Waals surface area (Å²) in [5.74, 6) is -3.36. The first-order valence-corrected chi connectivity index (χ1v) is 16.1. The predicted octanol–water partition coefficient (Wildman–Crippen LogP) is 5.90. The number of nitrogens with one attached hydrogen (secondary N) is 2. The largest absolute Gasteiger partial charge is 0.459 e. The molecule has 43 heavy (non-hydrogen) atoms. The molecule has 2 amide bonds. The van der Waals surface area contributed by atoms with Gasteiger partial charge >= 0.3 is 12.1 Å². The first-order chi connectivity index (χ1) is 20.2. The third kappa shape index (κ3) is 11.0. The molecule has 0 heterocycles. The average Bonchev–Trinajstić information content (AvgIpc) is 2.95. The van der Waals surface area contributed by atoms with E-state index >= 15 is 0 Å². The van der Waals surface area contributed by atoms with E-state index in [-0.39, 0.29) is 13.0 Å². The van der Waals surface area contributed by atoms with Gasteiger partial charge in [-0.15, -0.1) is 0 Å². The molecule has 10 heteroatoms. The summed E-state index contributed by atoms with van der Waals surface area (Å²) in [5, 5.41) is 5.07. The van der Waals surface area contributed by atoms with Gasteiger partial charge in [0.05, 0.1) is 5.92 Å². The van der Waals surface area contributed by atoms with Crippen LogP contribution in [0.2, 0.25) is 0 Å². The second-order valence-corrected chi connectivity index (χ2v) is 14.2. The van der Waals surface area contributed by atoms with Crippen LogP contribution in [0.1, 0.15) is 45.7 Å². The van der Waals surface area contributed by atoms with Crippen LogP contribution in [-0.4, -0.2) is 46.5 Å². The second-order valence-electron chi connectivity index (χ2n) is 11.5. The molecule has 0 fully saturated rings. The van der Waals surface area contributed by atoms with Crippen LogP contribution in [0.4, 0.5) is 4.79 Å². The van der Waals surface area contributed by atoms with Crippen LogP contribution in [0.5, 0.6) is 0 Å². The van der Waals surface area contributed by atoms with Crippen molar-refractivity contribution in [2.75, 3.05) is 6.16 Å². The number of carbonyl (C=O) groups is 3. The Morgan fingerprint density at radius 2 is 1.37 bits per heavy atom. The fourth-order valence-corrected chi connectivity index (χ4v) is 5.84. The fourth-order valence-electron chi connectivity index (χ4n) is 4.29. The van der Waals surface area contributed by atoms with Crippen LogP contribution < -0.4 is 10.6 Å². The molecule has 0 aliphatic carbocycles. The molecular weight excluding hydrogens is 567 g/mol. The third-order valence-corrected chi connectivity index (χ3v) is 8.97. The normalized spacial score (nSPS) is 14.8. The molecule has 9 nitrogen and oxygen atoms in total. The van der Waals surface area contributed by atoms with Crippen molar-refractivity contribution in [3.63, 3.8) is 0 Å². The molecule has 230 valence electrons. The monoisotopic (exact) mass is 608 g/mol. The summed E-state index contributed by atoms with van der Waals surface area (Å²) in [4.78, 5) is 49.4. The quantitative estimate of drug-likeness (QED) is 0.172. The van der Waals surface area contributed by atoms with Crippen LogP contribution in [0.3, 0.4) is 0 Å². The zero-order valence-electron chi connectivity index (χ0n) is 25.3. The van der Waals surface area contributed by atoms with E-state index in [4.69, 9.17) is 9.47 Å². The second kappa shape index (κ2) is 15.0. The lowest BCUT2D eigenvalue weighted by atomic mass is 9.97. The number of hydrogen-bond acceptors (Lipinski definition) is 6. The summed E-state index contributed by atoms with van der Waals surface area (Å²) in [6.45, 7) is 8.01. The summed E-state index contributed by atoms with van der Waals surface area (Å²) in [6, 6.07) is 25.6. The summed E-state index contributed by atoms with van der Waals surface area (Å²) in [6.07, 6.45) is -1.13. The molecule has 0 aromatic heterocycles. The van der Waals surface area contributed by atoms with Gasteiger partial charge in [-0.2, -0.15) is 0 Å². The van der Waals surface area contributed by atoms with Crippen LogP contribution in [0.25, 0.3) is 11.1 Å². The minimum atomic E-state index is -4.12. The van der Waals surface area contributed by atoms with E-state index in [1.54, 1.807) is 20.8 Å². The topological polar surface area (TPSA) is 131 Å². The van der Waals surface area contributed by atoms with E-state index in [1.807, 2.05) is 84.9 Å². The van der Waals surface area contributed by atoms with Gasteiger partial charge in [0.2, 0.25) is 13.3 Å². The Kier molecular flexibility index (Phi) is 11.7. The number of hydrogen-bond donors (Lipinski definition) is 3. The lowest BCUT2D eigenvalue weighted by Crippen LogP contribution is -2.44. The summed E-state index contributed by atoms with van der Waals surface area (Å²) < 4.78 is 24.0. The number of esters is 1. The van der Waals surface area contributed by atoms with E-state index in [0.717, 1.165) is 22.3 Å². The van der Waals surface area contributed by atoms with Gasteiger partial charge in [-0.25, -0.2) is 9.59 Å². The van der Waals surface area contributed by atoms with Crippen LogP contribution in [0, 0.1) is 5.92 Å². The lowest BCUT2D eigenvalue weighted by molar-refractivity contribution is -0.148. The van der Waals surface area contributed by atoms with Crippen molar-refractivity contribution in [2.45, 2.75) is 65.1 Å². The summed E-state index contributed by atoms with van der Waals surface area (Å²) in [7, 11) is -4.12. The number of alkyl carbamates (subject to hydrolysis) is 1. The van der Waals surface area contributed by atoms with Crippen molar-refractivity contribution in [3.8, 4) is 11.1 Å². The van der Waals surface area contributed by atoms with Crippen LogP contribution >= 0.6 is 7.37 Å². The van der Waals surface area contributed by atoms with Gasteiger partial charge in [0.25, 0.3) is 0 Å². The van der Waals surface area contributed by atoms with E-state index in [2.05, 4.69) is 10.6 Å². The molecular formula is C33H41N2O7P. The minimum absolute atomic E-state index is 0.0523. The summed E-state index contributed by atoms with van der Waals surface area (Å²) in [5.41, 5.74) is 2.81. The number of amides is 2. The Morgan fingerprint density at radius 1 is 0.814 bits per heavy atom. The van der Waals surface area contributed by atoms with E-state index < -0.39 is 54.8 Å². The fraction of sp³-hybridized carbons (Fsp3) is 0.364. The Morgan fingerprint density at radius 3 is 1.95 bits per heavy atom. The van der Waals surface area contributed by atoms with Gasteiger partial charge in [0.15, 0.2) is 0 Å². The van der Waals surface area contributed by atoms with E-state index in [9.17, 15) is 23.8 Å². The van der Waals surface area contributed by atoms with Crippen LogP contribution in [-0.2, 0) is 36.7 Å². The molecule has 0 saturated heterocycles. The zero-order chi connectivity index (χ0) is 31.6. The zero-order valence-corrected chi connectivity index (χ0v) is 26.2. The van der Waals surface area contributed by atoms with E-state index in [1.165, 1.54) is 13.8 Å². The maximum absolute atomic E-state index is 13.5. The van der Waals surface area contributed by atoms with Gasteiger partial charge in [0, 0.05) is 6.16 Å². The highest BCUT2D eigenvalue weighted by Crippen LogP contribution is 2.47. The molecule has 0 aliphatic heterocycles. The standard InChI is InChI=1S/C33H41N2O7P/c1-23(31(37)41-21-26-12-8-6-9-13-26)34-30(36)29(22-43(39,40)24(2)35-32(38)42-33(3,4)5)20-25-16-18-28(19-17-25)27-14-10-7-11-15-27/h6-19,23-24,29H,20-22H2,1-5H3,(H,34,36)(H,35,38)(H,39,40)/t23-,24+,29+/m0/s1. The van der Waals surface area contributed by atoms with Crippen molar-refractivity contribution in [3.05, 3.63) is 96.1 Å². The molecule has 4 atom stereocenters. The van der Waals surface area contributed by atoms with Gasteiger partial charge in [-0.3, -0.25) is 9.36 Å². The Labute approximate surface area is 253 Å².